The zero-order chi connectivity index (χ0) is 13.7. The fourth-order valence-corrected chi connectivity index (χ4v) is 2.02. The highest BCUT2D eigenvalue weighted by molar-refractivity contribution is 5.97. The third-order valence-electron chi connectivity index (χ3n) is 3.20. The SMILES string of the molecule is CN1C(=O)COc2ccc(CNCCCCO)cc21. The first-order valence-electron chi connectivity index (χ1n) is 6.56. The molecule has 1 aliphatic rings. The minimum absolute atomic E-state index is 0.0273. The molecule has 0 saturated heterocycles. The van der Waals surface area contributed by atoms with Crippen molar-refractivity contribution < 1.29 is 14.6 Å². The molecule has 0 unspecified atom stereocenters. The van der Waals surface area contributed by atoms with E-state index in [1.54, 1.807) is 11.9 Å². The Morgan fingerprint density at radius 2 is 2.26 bits per heavy atom. The van der Waals surface area contributed by atoms with Gasteiger partial charge >= 0.3 is 0 Å². The summed E-state index contributed by atoms with van der Waals surface area (Å²) in [7, 11) is 1.77. The Kier molecular flexibility index (Phi) is 4.76. The lowest BCUT2D eigenvalue weighted by atomic mass is 10.1. The topological polar surface area (TPSA) is 61.8 Å². The molecule has 0 atom stereocenters. The number of hydrogen-bond donors (Lipinski definition) is 2. The molecule has 2 N–H and O–H groups in total. The van der Waals surface area contributed by atoms with E-state index in [1.807, 2.05) is 18.2 Å². The molecule has 2 rings (SSSR count). The van der Waals surface area contributed by atoms with E-state index in [0.29, 0.717) is 0 Å². The summed E-state index contributed by atoms with van der Waals surface area (Å²) in [5, 5.41) is 12.0. The van der Waals surface area contributed by atoms with Crippen LogP contribution in [0.4, 0.5) is 5.69 Å². The van der Waals surface area contributed by atoms with E-state index in [4.69, 9.17) is 9.84 Å². The van der Waals surface area contributed by atoms with Gasteiger partial charge in [0.15, 0.2) is 6.61 Å². The van der Waals surface area contributed by atoms with Gasteiger partial charge in [-0.15, -0.1) is 0 Å². The van der Waals surface area contributed by atoms with Crippen molar-refractivity contribution in [1.29, 1.82) is 0 Å². The number of nitrogens with zero attached hydrogens (tertiary/aromatic N) is 1. The summed E-state index contributed by atoms with van der Waals surface area (Å²) in [6.07, 6.45) is 1.78. The molecule has 0 saturated carbocycles. The van der Waals surface area contributed by atoms with Crippen molar-refractivity contribution >= 4 is 11.6 Å². The average Bonchev–Trinajstić information content (AvgIpc) is 2.43. The first kappa shape index (κ1) is 13.8. The Morgan fingerprint density at radius 3 is 3.05 bits per heavy atom. The molecule has 104 valence electrons. The van der Waals surface area contributed by atoms with Crippen LogP contribution in [0.15, 0.2) is 18.2 Å². The smallest absolute Gasteiger partial charge is 0.264 e. The van der Waals surface area contributed by atoms with E-state index in [-0.39, 0.29) is 19.1 Å². The van der Waals surface area contributed by atoms with Gasteiger partial charge in [-0.2, -0.15) is 0 Å². The molecule has 1 aliphatic heterocycles. The van der Waals surface area contributed by atoms with Crippen LogP contribution >= 0.6 is 0 Å². The number of fused-ring (bicyclic) bond motifs is 1. The predicted molar refractivity (Wildman–Crippen MR) is 73.4 cm³/mol. The van der Waals surface area contributed by atoms with E-state index < -0.39 is 0 Å². The molecular formula is C14H20N2O3. The number of likely N-dealkylation sites (N-methyl/N-ethyl adjacent to an activating group) is 1. The van der Waals surface area contributed by atoms with Crippen LogP contribution in [0.1, 0.15) is 18.4 Å². The van der Waals surface area contributed by atoms with Crippen molar-refractivity contribution in [1.82, 2.24) is 5.32 Å². The van der Waals surface area contributed by atoms with Gasteiger partial charge in [-0.1, -0.05) is 6.07 Å². The Bertz CT molecular complexity index is 448. The van der Waals surface area contributed by atoms with Crippen LogP contribution in [-0.2, 0) is 11.3 Å². The lowest BCUT2D eigenvalue weighted by Gasteiger charge is -2.26. The quantitative estimate of drug-likeness (QED) is 0.750. The number of benzene rings is 1. The summed E-state index contributed by atoms with van der Waals surface area (Å²) in [6, 6.07) is 5.88. The summed E-state index contributed by atoms with van der Waals surface area (Å²) >= 11 is 0. The Morgan fingerprint density at radius 1 is 1.42 bits per heavy atom. The van der Waals surface area contributed by atoms with E-state index in [2.05, 4.69) is 5.32 Å². The zero-order valence-corrected chi connectivity index (χ0v) is 11.2. The van der Waals surface area contributed by atoms with Crippen LogP contribution in [0.3, 0.4) is 0 Å². The van der Waals surface area contributed by atoms with Gasteiger partial charge in [0.25, 0.3) is 5.91 Å². The maximum absolute atomic E-state index is 11.6. The Balaban J connectivity index is 1.94. The molecule has 5 heteroatoms. The molecule has 0 radical (unpaired) electrons. The fourth-order valence-electron chi connectivity index (χ4n) is 2.02. The molecule has 0 bridgehead atoms. The van der Waals surface area contributed by atoms with Gasteiger partial charge in [0, 0.05) is 20.2 Å². The average molecular weight is 264 g/mol. The van der Waals surface area contributed by atoms with Gasteiger partial charge < -0.3 is 20.1 Å². The third kappa shape index (κ3) is 3.45. The van der Waals surface area contributed by atoms with Crippen LogP contribution in [-0.4, -0.2) is 37.8 Å². The van der Waals surface area contributed by atoms with Gasteiger partial charge in [0.05, 0.1) is 5.69 Å². The minimum Gasteiger partial charge on any atom is -0.482 e. The van der Waals surface area contributed by atoms with Gasteiger partial charge in [0.1, 0.15) is 5.75 Å². The fraction of sp³-hybridized carbons (Fsp3) is 0.500. The van der Waals surface area contributed by atoms with E-state index >= 15 is 0 Å². The number of carbonyl (C=O) groups excluding carboxylic acids is 1. The van der Waals surface area contributed by atoms with Crippen molar-refractivity contribution in [2.75, 3.05) is 31.7 Å². The van der Waals surface area contributed by atoms with E-state index in [1.165, 1.54) is 0 Å². The summed E-state index contributed by atoms with van der Waals surface area (Å²) in [6.45, 7) is 1.98. The first-order valence-corrected chi connectivity index (χ1v) is 6.56. The second-order valence-electron chi connectivity index (χ2n) is 4.65. The van der Waals surface area contributed by atoms with Crippen molar-refractivity contribution in [3.8, 4) is 5.75 Å². The van der Waals surface area contributed by atoms with Crippen molar-refractivity contribution in [2.45, 2.75) is 19.4 Å². The third-order valence-corrected chi connectivity index (χ3v) is 3.20. The number of rotatable bonds is 6. The highest BCUT2D eigenvalue weighted by Gasteiger charge is 2.21. The molecule has 1 aromatic rings. The molecule has 0 spiro atoms. The van der Waals surface area contributed by atoms with Gasteiger partial charge in [-0.25, -0.2) is 0 Å². The van der Waals surface area contributed by atoms with E-state index in [0.717, 1.165) is 42.9 Å². The highest BCUT2D eigenvalue weighted by Crippen LogP contribution is 2.31. The van der Waals surface area contributed by atoms with Gasteiger partial charge in [-0.3, -0.25) is 4.79 Å². The van der Waals surface area contributed by atoms with Crippen LogP contribution in [0, 0.1) is 0 Å². The van der Waals surface area contributed by atoms with E-state index in [9.17, 15) is 4.79 Å². The molecule has 1 aromatic carbocycles. The van der Waals surface area contributed by atoms with Crippen molar-refractivity contribution in [3.05, 3.63) is 23.8 Å². The zero-order valence-electron chi connectivity index (χ0n) is 11.2. The lowest BCUT2D eigenvalue weighted by Crippen LogP contribution is -2.35. The molecular weight excluding hydrogens is 244 g/mol. The number of carbonyl (C=O) groups is 1. The summed E-state index contributed by atoms with van der Waals surface area (Å²) < 4.78 is 5.38. The highest BCUT2D eigenvalue weighted by atomic mass is 16.5. The second kappa shape index (κ2) is 6.54. The Labute approximate surface area is 113 Å². The summed E-state index contributed by atoms with van der Waals surface area (Å²) in [5.41, 5.74) is 1.94. The number of amides is 1. The number of aliphatic hydroxyl groups excluding tert-OH is 1. The van der Waals surface area contributed by atoms with Crippen LogP contribution in [0.5, 0.6) is 5.75 Å². The number of hydrogen-bond acceptors (Lipinski definition) is 4. The normalized spacial score (nSPS) is 14.2. The number of aliphatic hydroxyl groups is 1. The first-order chi connectivity index (χ1) is 9.22. The Hall–Kier alpha value is -1.59. The lowest BCUT2D eigenvalue weighted by molar-refractivity contribution is -0.120. The number of nitrogens with one attached hydrogen (secondary N) is 1. The molecule has 1 heterocycles. The van der Waals surface area contributed by atoms with Crippen LogP contribution < -0.4 is 15.0 Å². The number of ether oxygens (including phenoxy) is 1. The molecule has 0 aromatic heterocycles. The predicted octanol–water partition coefficient (Wildman–Crippen LogP) is 0.904. The number of unbranched alkanes of at least 4 members (excludes halogenated alkanes) is 1. The molecule has 1 amide bonds. The molecule has 0 fully saturated rings. The summed E-state index contributed by atoms with van der Waals surface area (Å²) in [5.74, 6) is 0.728. The maximum Gasteiger partial charge on any atom is 0.264 e. The van der Waals surface area contributed by atoms with Crippen molar-refractivity contribution in [3.63, 3.8) is 0 Å². The second-order valence-corrected chi connectivity index (χ2v) is 4.65. The maximum atomic E-state index is 11.6. The van der Waals surface area contributed by atoms with Crippen LogP contribution in [0.2, 0.25) is 0 Å². The monoisotopic (exact) mass is 264 g/mol. The minimum atomic E-state index is -0.0273. The van der Waals surface area contributed by atoms with Crippen molar-refractivity contribution in [2.24, 2.45) is 0 Å². The standard InChI is InChI=1S/C14H20N2O3/c1-16-12-8-11(9-15-6-2-3-7-17)4-5-13(12)19-10-14(16)18/h4-5,8,15,17H,2-3,6-7,9-10H2,1H3. The van der Waals surface area contributed by atoms with Gasteiger partial charge in [0.2, 0.25) is 0 Å². The largest absolute Gasteiger partial charge is 0.482 e. The molecule has 0 aliphatic carbocycles. The molecule has 19 heavy (non-hydrogen) atoms. The number of anilines is 1. The van der Waals surface area contributed by atoms with Gasteiger partial charge in [-0.05, 0) is 37.1 Å². The molecule has 5 nitrogen and oxygen atoms in total. The van der Waals surface area contributed by atoms with Crippen LogP contribution in [0.25, 0.3) is 0 Å². The summed E-state index contributed by atoms with van der Waals surface area (Å²) in [4.78, 5) is 13.2.